The molecule has 0 bridgehead atoms. The molecule has 0 amide bonds. The Bertz CT molecular complexity index is 1180. The van der Waals surface area contributed by atoms with Crippen LogP contribution in [-0.4, -0.2) is 27.9 Å². The van der Waals surface area contributed by atoms with Crippen molar-refractivity contribution in [2.24, 2.45) is 0 Å². The molecule has 2 heterocycles. The van der Waals surface area contributed by atoms with Crippen LogP contribution in [0.3, 0.4) is 0 Å². The summed E-state index contributed by atoms with van der Waals surface area (Å²) in [6.45, 7) is -0.728. The number of halogens is 6. The fraction of sp³-hybridized carbons (Fsp3) is 0.250. The zero-order chi connectivity index (χ0) is 23.7. The quantitative estimate of drug-likeness (QED) is 0.352. The summed E-state index contributed by atoms with van der Waals surface area (Å²) in [6, 6.07) is 3.75. The molecule has 0 atom stereocenters. The number of rotatable bonds is 4. The van der Waals surface area contributed by atoms with Crippen LogP contribution in [-0.2, 0) is 33.5 Å². The van der Waals surface area contributed by atoms with Gasteiger partial charge in [-0.05, 0) is 12.1 Å². The number of alkyl halides is 6. The van der Waals surface area contributed by atoms with E-state index >= 15 is 0 Å². The van der Waals surface area contributed by atoms with Crippen molar-refractivity contribution >= 4 is 20.2 Å². The summed E-state index contributed by atoms with van der Waals surface area (Å²) < 4.78 is 139. The van der Waals surface area contributed by atoms with Crippen LogP contribution < -0.4 is 17.8 Å². The third-order valence-electron chi connectivity index (χ3n) is 4.31. The van der Waals surface area contributed by atoms with Crippen LogP contribution in [0.1, 0.15) is 11.1 Å². The summed E-state index contributed by atoms with van der Waals surface area (Å²) in [4.78, 5) is 0. The van der Waals surface area contributed by atoms with Crippen molar-refractivity contribution in [1.29, 1.82) is 0 Å². The highest BCUT2D eigenvalue weighted by atomic mass is 32.2. The van der Waals surface area contributed by atoms with Gasteiger partial charge in [-0.25, -0.2) is 0 Å². The van der Waals surface area contributed by atoms with Gasteiger partial charge in [0.05, 0.1) is 0 Å². The maximum absolute atomic E-state index is 12.6. The van der Waals surface area contributed by atoms with Gasteiger partial charge in [0.1, 0.15) is 36.2 Å². The molecule has 0 spiro atoms. The van der Waals surface area contributed by atoms with Crippen LogP contribution in [0.5, 0.6) is 23.0 Å². The molecule has 0 unspecified atom stereocenters. The minimum atomic E-state index is -5.94. The Morgan fingerprint density at radius 3 is 1.31 bits per heavy atom. The average Bonchev–Trinajstić information content (AvgIpc) is 2.63. The molecule has 2 aliphatic rings. The molecule has 32 heavy (non-hydrogen) atoms. The highest BCUT2D eigenvalue weighted by Crippen LogP contribution is 2.51. The van der Waals surface area contributed by atoms with Crippen LogP contribution in [0.4, 0.5) is 26.3 Å². The minimum absolute atomic E-state index is 0.0662. The number of ether oxygens (including phenoxy) is 2. The third kappa shape index (κ3) is 3.66. The zero-order valence-corrected chi connectivity index (χ0v) is 16.7. The summed E-state index contributed by atoms with van der Waals surface area (Å²) in [5.41, 5.74) is -10.4. The molecule has 0 aliphatic carbocycles. The first-order valence-corrected chi connectivity index (χ1v) is 11.0. The molecular formula is C16H8F6O8S2. The predicted molar refractivity (Wildman–Crippen MR) is 91.7 cm³/mol. The van der Waals surface area contributed by atoms with Crippen molar-refractivity contribution < 1.29 is 61.0 Å². The molecule has 2 aromatic rings. The van der Waals surface area contributed by atoms with Gasteiger partial charge in [-0.2, -0.15) is 43.2 Å². The molecule has 0 aromatic heterocycles. The standard InChI is InChI=1S/C16H8F6O8S2/c17-15(18,19)31(23,24)29-9-1-7-5-27-12-4-10(30-32(25,26)16(20,21)22)2-8-6-28-11(3-9)13(7)14(8)12/h1-4H,5-6H2. The Kier molecular flexibility index (Phi) is 4.75. The normalized spacial score (nSPS) is 15.3. The monoisotopic (exact) mass is 506 g/mol. The molecule has 4 rings (SSSR count). The Balaban J connectivity index is 1.75. The first kappa shape index (κ1) is 22.3. The molecule has 2 aliphatic heterocycles. The van der Waals surface area contributed by atoms with Crippen molar-refractivity contribution in [1.82, 2.24) is 0 Å². The Hall–Kier alpha value is -2.88. The van der Waals surface area contributed by atoms with Gasteiger partial charge in [0.25, 0.3) is 0 Å². The Morgan fingerprint density at radius 1 is 0.656 bits per heavy atom. The maximum Gasteiger partial charge on any atom is 0.534 e. The highest BCUT2D eigenvalue weighted by Gasteiger charge is 2.49. The van der Waals surface area contributed by atoms with E-state index in [1.165, 1.54) is 0 Å². The molecule has 2 aromatic carbocycles. The largest absolute Gasteiger partial charge is 0.534 e. The predicted octanol–water partition coefficient (Wildman–Crippen LogP) is 3.60. The molecule has 174 valence electrons. The van der Waals surface area contributed by atoms with E-state index in [-0.39, 0.29) is 47.0 Å². The average molecular weight is 506 g/mol. The Labute approximate surface area is 175 Å². The molecule has 16 heteroatoms. The highest BCUT2D eigenvalue weighted by molar-refractivity contribution is 7.88. The van der Waals surface area contributed by atoms with Crippen LogP contribution in [0.2, 0.25) is 0 Å². The maximum atomic E-state index is 12.6. The van der Waals surface area contributed by atoms with E-state index < -0.39 is 42.8 Å². The second-order valence-electron chi connectivity index (χ2n) is 6.45. The summed E-state index contributed by atoms with van der Waals surface area (Å²) in [7, 11) is -11.9. The summed E-state index contributed by atoms with van der Waals surface area (Å²) >= 11 is 0. The molecule has 0 saturated heterocycles. The molecule has 0 saturated carbocycles. The second-order valence-corrected chi connectivity index (χ2v) is 9.53. The van der Waals surface area contributed by atoms with Crippen LogP contribution >= 0.6 is 0 Å². The smallest absolute Gasteiger partial charge is 0.488 e. The van der Waals surface area contributed by atoms with Gasteiger partial charge in [0.2, 0.25) is 0 Å². The van der Waals surface area contributed by atoms with Gasteiger partial charge in [0, 0.05) is 34.4 Å². The molecule has 0 N–H and O–H groups in total. The van der Waals surface area contributed by atoms with E-state index in [4.69, 9.17) is 9.47 Å². The number of benzene rings is 2. The summed E-state index contributed by atoms with van der Waals surface area (Å²) in [5, 5.41) is 0. The second kappa shape index (κ2) is 6.81. The van der Waals surface area contributed by atoms with E-state index in [0.29, 0.717) is 0 Å². The molecule has 8 nitrogen and oxygen atoms in total. The van der Waals surface area contributed by atoms with Crippen molar-refractivity contribution in [2.75, 3.05) is 0 Å². The van der Waals surface area contributed by atoms with Crippen molar-refractivity contribution in [3.05, 3.63) is 35.4 Å². The minimum Gasteiger partial charge on any atom is -0.488 e. The lowest BCUT2D eigenvalue weighted by Gasteiger charge is -2.30. The van der Waals surface area contributed by atoms with E-state index in [0.717, 1.165) is 24.3 Å². The fourth-order valence-corrected chi connectivity index (χ4v) is 3.96. The van der Waals surface area contributed by atoms with Gasteiger partial charge < -0.3 is 17.8 Å². The van der Waals surface area contributed by atoms with Gasteiger partial charge in [-0.15, -0.1) is 0 Å². The summed E-state index contributed by atoms with van der Waals surface area (Å²) in [5.74, 6) is -1.52. The lowest BCUT2D eigenvalue weighted by Crippen LogP contribution is -2.28. The van der Waals surface area contributed by atoms with Crippen LogP contribution in [0.15, 0.2) is 24.3 Å². The first-order valence-electron chi connectivity index (χ1n) is 8.20. The van der Waals surface area contributed by atoms with Gasteiger partial charge >= 0.3 is 31.3 Å². The zero-order valence-electron chi connectivity index (χ0n) is 15.1. The van der Waals surface area contributed by atoms with Crippen molar-refractivity contribution in [3.63, 3.8) is 0 Å². The molecular weight excluding hydrogens is 498 g/mol. The lowest BCUT2D eigenvalue weighted by atomic mass is 9.90. The topological polar surface area (TPSA) is 105 Å². The third-order valence-corrected chi connectivity index (χ3v) is 6.27. The lowest BCUT2D eigenvalue weighted by molar-refractivity contribution is -0.0505. The van der Waals surface area contributed by atoms with Crippen LogP contribution in [0.25, 0.3) is 11.1 Å². The molecule has 0 fully saturated rings. The van der Waals surface area contributed by atoms with Gasteiger partial charge in [-0.1, -0.05) is 0 Å². The van der Waals surface area contributed by atoms with Crippen LogP contribution in [0, 0.1) is 0 Å². The molecule has 0 radical (unpaired) electrons. The van der Waals surface area contributed by atoms with Gasteiger partial charge in [-0.3, -0.25) is 0 Å². The SMILES string of the molecule is O=S(=O)(Oc1cc2c3c(c1)OCc1cc(OS(=O)(=O)C(F)(F)F)cc(c1-3)OC2)C(F)(F)F. The van der Waals surface area contributed by atoms with E-state index in [1.54, 1.807) is 0 Å². The van der Waals surface area contributed by atoms with E-state index in [1.807, 2.05) is 0 Å². The fourth-order valence-electron chi connectivity index (χ4n) is 3.07. The first-order chi connectivity index (χ1) is 14.6. The number of hydrogen-bond donors (Lipinski definition) is 0. The van der Waals surface area contributed by atoms with E-state index in [2.05, 4.69) is 8.37 Å². The van der Waals surface area contributed by atoms with Crippen molar-refractivity contribution in [2.45, 2.75) is 24.2 Å². The van der Waals surface area contributed by atoms with Gasteiger partial charge in [0.15, 0.2) is 0 Å². The summed E-state index contributed by atoms with van der Waals surface area (Å²) in [6.07, 6.45) is 0. The van der Waals surface area contributed by atoms with E-state index in [9.17, 15) is 43.2 Å². The number of hydrogen-bond acceptors (Lipinski definition) is 8. The van der Waals surface area contributed by atoms with Crippen molar-refractivity contribution in [3.8, 4) is 34.1 Å². The Morgan fingerprint density at radius 2 is 1.00 bits per heavy atom.